The fourth-order valence-electron chi connectivity index (χ4n) is 3.74. The lowest BCUT2D eigenvalue weighted by Gasteiger charge is -2.32. The molecule has 1 aromatic carbocycles. The van der Waals surface area contributed by atoms with Gasteiger partial charge in [-0.05, 0) is 51.4 Å². The van der Waals surface area contributed by atoms with Crippen LogP contribution in [-0.2, 0) is 4.74 Å². The van der Waals surface area contributed by atoms with Crippen LogP contribution in [-0.4, -0.2) is 34.8 Å². The number of aryl methyl sites for hydroxylation is 1. The second kappa shape index (κ2) is 5.18. The van der Waals surface area contributed by atoms with Crippen LogP contribution < -0.4 is 10.9 Å². The number of nitrogens with one attached hydrogen (secondary N) is 1. The highest BCUT2D eigenvalue weighted by atomic mass is 16.5. The van der Waals surface area contributed by atoms with Crippen molar-refractivity contribution in [2.45, 2.75) is 37.8 Å². The number of ether oxygens (including phenoxy) is 1. The number of piperidine rings is 1. The standard InChI is InChI=1S/C17H21N3O2/c1-12-2-3-15-14(8-12)16(21)20(11-19-15)13-9-17(22-10-13)4-6-18-7-5-17/h2-3,8,11,13,18H,4-7,9-10H2,1H3. The van der Waals surface area contributed by atoms with Crippen molar-refractivity contribution in [2.75, 3.05) is 19.7 Å². The number of fused-ring (bicyclic) bond motifs is 1. The van der Waals surface area contributed by atoms with Gasteiger partial charge in [-0.15, -0.1) is 0 Å². The van der Waals surface area contributed by atoms with E-state index in [0.717, 1.165) is 43.4 Å². The first-order valence-electron chi connectivity index (χ1n) is 7.99. The molecule has 0 radical (unpaired) electrons. The van der Waals surface area contributed by atoms with E-state index in [1.807, 2.05) is 25.1 Å². The van der Waals surface area contributed by atoms with Crippen LogP contribution in [0.15, 0.2) is 29.3 Å². The van der Waals surface area contributed by atoms with Gasteiger partial charge in [-0.25, -0.2) is 4.98 Å². The van der Waals surface area contributed by atoms with Crippen LogP contribution in [0, 0.1) is 6.92 Å². The van der Waals surface area contributed by atoms with Crippen LogP contribution in [0.5, 0.6) is 0 Å². The maximum atomic E-state index is 12.8. The summed E-state index contributed by atoms with van der Waals surface area (Å²) in [7, 11) is 0. The highest BCUT2D eigenvalue weighted by Crippen LogP contribution is 2.38. The topological polar surface area (TPSA) is 56.1 Å². The van der Waals surface area contributed by atoms with Crippen LogP contribution in [0.25, 0.3) is 10.9 Å². The Hall–Kier alpha value is -1.72. The first-order chi connectivity index (χ1) is 10.7. The minimum absolute atomic E-state index is 0.0447. The number of nitrogens with zero attached hydrogens (tertiary/aromatic N) is 2. The second-order valence-electron chi connectivity index (χ2n) is 6.58. The largest absolute Gasteiger partial charge is 0.373 e. The van der Waals surface area contributed by atoms with Crippen molar-refractivity contribution in [3.63, 3.8) is 0 Å². The third-order valence-electron chi connectivity index (χ3n) is 5.04. The molecular formula is C17H21N3O2. The molecule has 5 nitrogen and oxygen atoms in total. The molecule has 2 aliphatic rings. The van der Waals surface area contributed by atoms with Crippen molar-refractivity contribution in [2.24, 2.45) is 0 Å². The van der Waals surface area contributed by atoms with E-state index in [0.29, 0.717) is 12.0 Å². The third-order valence-corrected chi connectivity index (χ3v) is 5.04. The van der Waals surface area contributed by atoms with Gasteiger partial charge in [0.2, 0.25) is 0 Å². The molecule has 0 amide bonds. The van der Waals surface area contributed by atoms with Gasteiger partial charge >= 0.3 is 0 Å². The van der Waals surface area contributed by atoms with Crippen LogP contribution in [0.3, 0.4) is 0 Å². The Bertz CT molecular complexity index is 762. The van der Waals surface area contributed by atoms with E-state index in [9.17, 15) is 4.79 Å². The summed E-state index contributed by atoms with van der Waals surface area (Å²) in [6.45, 7) is 4.60. The molecule has 3 heterocycles. The molecule has 2 saturated heterocycles. The van der Waals surface area contributed by atoms with Gasteiger partial charge in [-0.1, -0.05) is 11.6 Å². The van der Waals surface area contributed by atoms with Gasteiger partial charge in [-0.3, -0.25) is 9.36 Å². The average Bonchev–Trinajstić information content (AvgIpc) is 2.92. The van der Waals surface area contributed by atoms with Crippen LogP contribution in [0.1, 0.15) is 30.9 Å². The maximum Gasteiger partial charge on any atom is 0.261 e. The molecule has 1 aromatic heterocycles. The van der Waals surface area contributed by atoms with Crippen LogP contribution >= 0.6 is 0 Å². The van der Waals surface area contributed by atoms with Gasteiger partial charge in [0.05, 0.1) is 35.5 Å². The summed E-state index contributed by atoms with van der Waals surface area (Å²) in [5.74, 6) is 0. The molecule has 2 aromatic rings. The second-order valence-corrected chi connectivity index (χ2v) is 6.58. The zero-order valence-electron chi connectivity index (χ0n) is 12.8. The molecule has 4 rings (SSSR count). The van der Waals surface area contributed by atoms with Crippen molar-refractivity contribution in [3.05, 3.63) is 40.4 Å². The summed E-state index contributed by atoms with van der Waals surface area (Å²) in [4.78, 5) is 17.3. The van der Waals surface area contributed by atoms with Gasteiger partial charge < -0.3 is 10.1 Å². The minimum Gasteiger partial charge on any atom is -0.373 e. The lowest BCUT2D eigenvalue weighted by molar-refractivity contribution is -0.0196. The molecule has 5 heteroatoms. The SMILES string of the molecule is Cc1ccc2ncn(C3COC4(CCNCC4)C3)c(=O)c2c1. The lowest BCUT2D eigenvalue weighted by Crippen LogP contribution is -2.41. The Morgan fingerprint density at radius 1 is 1.36 bits per heavy atom. The Morgan fingerprint density at radius 3 is 3.00 bits per heavy atom. The number of aromatic nitrogens is 2. The molecule has 22 heavy (non-hydrogen) atoms. The lowest BCUT2D eigenvalue weighted by atomic mass is 9.88. The highest BCUT2D eigenvalue weighted by Gasteiger charge is 2.42. The van der Waals surface area contributed by atoms with Crippen molar-refractivity contribution < 1.29 is 4.74 Å². The Kier molecular flexibility index (Phi) is 3.27. The average molecular weight is 299 g/mol. The fraction of sp³-hybridized carbons (Fsp3) is 0.529. The summed E-state index contributed by atoms with van der Waals surface area (Å²) in [5, 5.41) is 4.07. The molecule has 116 valence electrons. The Labute approximate surface area is 129 Å². The van der Waals surface area contributed by atoms with Crippen molar-refractivity contribution >= 4 is 10.9 Å². The maximum absolute atomic E-state index is 12.8. The monoisotopic (exact) mass is 299 g/mol. The Balaban J connectivity index is 1.70. The quantitative estimate of drug-likeness (QED) is 0.872. The molecule has 1 N–H and O–H groups in total. The van der Waals surface area contributed by atoms with E-state index < -0.39 is 0 Å². The van der Waals surface area contributed by atoms with E-state index in [-0.39, 0.29) is 17.2 Å². The van der Waals surface area contributed by atoms with Gasteiger partial charge in [-0.2, -0.15) is 0 Å². The Morgan fingerprint density at radius 2 is 2.18 bits per heavy atom. The fourth-order valence-corrected chi connectivity index (χ4v) is 3.74. The zero-order chi connectivity index (χ0) is 15.2. The molecule has 2 aliphatic heterocycles. The van der Waals surface area contributed by atoms with Crippen molar-refractivity contribution in [3.8, 4) is 0 Å². The van der Waals surface area contributed by atoms with E-state index in [4.69, 9.17) is 4.74 Å². The van der Waals surface area contributed by atoms with Crippen molar-refractivity contribution in [1.82, 2.24) is 14.9 Å². The zero-order valence-corrected chi connectivity index (χ0v) is 12.8. The van der Waals surface area contributed by atoms with Gasteiger partial charge in [0.1, 0.15) is 0 Å². The molecule has 0 aliphatic carbocycles. The minimum atomic E-state index is -0.0447. The number of hydrogen-bond donors (Lipinski definition) is 1. The van der Waals surface area contributed by atoms with Crippen molar-refractivity contribution in [1.29, 1.82) is 0 Å². The smallest absolute Gasteiger partial charge is 0.261 e. The molecule has 1 atom stereocenters. The van der Waals surface area contributed by atoms with E-state index in [2.05, 4.69) is 10.3 Å². The predicted octanol–water partition coefficient (Wildman–Crippen LogP) is 1.79. The number of benzene rings is 1. The summed E-state index contributed by atoms with van der Waals surface area (Å²) in [6, 6.07) is 5.93. The summed E-state index contributed by atoms with van der Waals surface area (Å²) >= 11 is 0. The van der Waals surface area contributed by atoms with Gasteiger partial charge in [0, 0.05) is 0 Å². The normalized spacial score (nSPS) is 24.1. The number of hydrogen-bond acceptors (Lipinski definition) is 4. The summed E-state index contributed by atoms with van der Waals surface area (Å²) in [5.41, 5.74) is 1.86. The first-order valence-corrected chi connectivity index (χ1v) is 7.99. The molecule has 0 bridgehead atoms. The molecule has 0 saturated carbocycles. The first kappa shape index (κ1) is 13.9. The van der Waals surface area contributed by atoms with Crippen LogP contribution in [0.4, 0.5) is 0 Å². The summed E-state index contributed by atoms with van der Waals surface area (Å²) in [6.07, 6.45) is 4.65. The van der Waals surface area contributed by atoms with Gasteiger partial charge in [0.25, 0.3) is 5.56 Å². The highest BCUT2D eigenvalue weighted by molar-refractivity contribution is 5.77. The predicted molar refractivity (Wildman–Crippen MR) is 85.2 cm³/mol. The van der Waals surface area contributed by atoms with E-state index in [1.165, 1.54) is 0 Å². The van der Waals surface area contributed by atoms with E-state index >= 15 is 0 Å². The van der Waals surface area contributed by atoms with E-state index in [1.54, 1.807) is 10.9 Å². The van der Waals surface area contributed by atoms with Crippen LogP contribution in [0.2, 0.25) is 0 Å². The number of rotatable bonds is 1. The molecule has 2 fully saturated rings. The third kappa shape index (κ3) is 2.25. The molecule has 1 unspecified atom stereocenters. The molecule has 1 spiro atoms. The van der Waals surface area contributed by atoms with Gasteiger partial charge in [0.15, 0.2) is 0 Å². The molecular weight excluding hydrogens is 278 g/mol. The summed E-state index contributed by atoms with van der Waals surface area (Å²) < 4.78 is 7.89.